The van der Waals surface area contributed by atoms with Gasteiger partial charge in [0, 0.05) is 17.2 Å². The van der Waals surface area contributed by atoms with Crippen molar-refractivity contribution in [3.63, 3.8) is 0 Å². The molecular formula is C16H17FN2OS. The number of halogens is 1. The van der Waals surface area contributed by atoms with Crippen molar-refractivity contribution in [2.24, 2.45) is 0 Å². The lowest BCUT2D eigenvalue weighted by Crippen LogP contribution is -2.26. The van der Waals surface area contributed by atoms with Crippen LogP contribution in [-0.2, 0) is 4.79 Å². The van der Waals surface area contributed by atoms with E-state index in [2.05, 4.69) is 10.3 Å². The van der Waals surface area contributed by atoms with Crippen LogP contribution in [0.5, 0.6) is 0 Å². The summed E-state index contributed by atoms with van der Waals surface area (Å²) < 4.78 is 12.8. The summed E-state index contributed by atoms with van der Waals surface area (Å²) in [6.07, 6.45) is 3.90. The van der Waals surface area contributed by atoms with Gasteiger partial charge >= 0.3 is 0 Å². The van der Waals surface area contributed by atoms with Crippen molar-refractivity contribution in [1.82, 2.24) is 10.3 Å². The Morgan fingerprint density at radius 2 is 2.14 bits per heavy atom. The maximum Gasteiger partial charge on any atom is 0.244 e. The summed E-state index contributed by atoms with van der Waals surface area (Å²) >= 11 is 1.55. The molecule has 0 saturated carbocycles. The van der Waals surface area contributed by atoms with Crippen LogP contribution < -0.4 is 5.32 Å². The van der Waals surface area contributed by atoms with Crippen LogP contribution >= 0.6 is 11.3 Å². The molecule has 0 aliphatic heterocycles. The van der Waals surface area contributed by atoms with Crippen LogP contribution in [0, 0.1) is 12.7 Å². The molecule has 2 aromatic rings. The van der Waals surface area contributed by atoms with Gasteiger partial charge in [-0.1, -0.05) is 19.1 Å². The standard InChI is InChI=1S/C16H17FN2OS/c1-3-14(16-18-11(2)10-21-16)19-15(20)9-6-12-4-7-13(17)8-5-12/h4-10,14H,3H2,1-2H3,(H,19,20). The number of thiazole rings is 1. The zero-order valence-electron chi connectivity index (χ0n) is 12.0. The van der Waals surface area contributed by atoms with E-state index in [4.69, 9.17) is 0 Å². The highest BCUT2D eigenvalue weighted by molar-refractivity contribution is 7.09. The Hall–Kier alpha value is -2.01. The molecule has 0 fully saturated rings. The predicted octanol–water partition coefficient (Wildman–Crippen LogP) is 3.87. The van der Waals surface area contributed by atoms with Crippen molar-refractivity contribution in [2.75, 3.05) is 0 Å². The van der Waals surface area contributed by atoms with Crippen molar-refractivity contribution < 1.29 is 9.18 Å². The fourth-order valence-electron chi connectivity index (χ4n) is 1.84. The van der Waals surface area contributed by atoms with E-state index in [0.29, 0.717) is 0 Å². The summed E-state index contributed by atoms with van der Waals surface area (Å²) in [7, 11) is 0. The lowest BCUT2D eigenvalue weighted by atomic mass is 10.2. The number of benzene rings is 1. The molecule has 1 N–H and O–H groups in total. The molecule has 5 heteroatoms. The molecule has 0 radical (unpaired) electrons. The average Bonchev–Trinajstić information content (AvgIpc) is 2.90. The fraction of sp³-hybridized carbons (Fsp3) is 0.250. The summed E-state index contributed by atoms with van der Waals surface area (Å²) in [5, 5.41) is 5.81. The van der Waals surface area contributed by atoms with Crippen LogP contribution in [0.25, 0.3) is 6.08 Å². The molecule has 1 aromatic carbocycles. The topological polar surface area (TPSA) is 42.0 Å². The molecule has 0 bridgehead atoms. The first-order valence-electron chi connectivity index (χ1n) is 6.74. The number of nitrogens with one attached hydrogen (secondary N) is 1. The van der Waals surface area contributed by atoms with E-state index < -0.39 is 0 Å². The molecule has 0 spiro atoms. The van der Waals surface area contributed by atoms with E-state index in [9.17, 15) is 9.18 Å². The molecule has 1 heterocycles. The first-order valence-corrected chi connectivity index (χ1v) is 7.62. The molecule has 1 atom stereocenters. The molecule has 21 heavy (non-hydrogen) atoms. The van der Waals surface area contributed by atoms with Gasteiger partial charge < -0.3 is 5.32 Å². The number of aryl methyl sites for hydroxylation is 1. The summed E-state index contributed by atoms with van der Waals surface area (Å²) in [4.78, 5) is 16.3. The molecule has 1 aromatic heterocycles. The minimum absolute atomic E-state index is 0.0749. The third-order valence-corrected chi connectivity index (χ3v) is 4.03. The number of hydrogen-bond donors (Lipinski definition) is 1. The van der Waals surface area contributed by atoms with Gasteiger partial charge in [-0.3, -0.25) is 4.79 Å². The van der Waals surface area contributed by atoms with Gasteiger partial charge in [-0.15, -0.1) is 11.3 Å². The van der Waals surface area contributed by atoms with Gasteiger partial charge in [0.1, 0.15) is 10.8 Å². The normalized spacial score (nSPS) is 12.5. The van der Waals surface area contributed by atoms with Gasteiger partial charge in [-0.25, -0.2) is 9.37 Å². The van der Waals surface area contributed by atoms with Crippen LogP contribution in [0.1, 0.15) is 35.7 Å². The number of nitrogens with zero attached hydrogens (tertiary/aromatic N) is 1. The van der Waals surface area contributed by atoms with Crippen molar-refractivity contribution in [2.45, 2.75) is 26.3 Å². The van der Waals surface area contributed by atoms with Gasteiger partial charge in [-0.05, 0) is 37.1 Å². The summed E-state index contributed by atoms with van der Waals surface area (Å²) in [6.45, 7) is 3.94. The number of carbonyl (C=O) groups is 1. The molecule has 110 valence electrons. The molecule has 0 saturated heterocycles. The third-order valence-electron chi connectivity index (χ3n) is 2.96. The lowest BCUT2D eigenvalue weighted by molar-refractivity contribution is -0.117. The second-order valence-electron chi connectivity index (χ2n) is 4.68. The van der Waals surface area contributed by atoms with E-state index in [-0.39, 0.29) is 17.8 Å². The van der Waals surface area contributed by atoms with Gasteiger partial charge in [0.2, 0.25) is 5.91 Å². The minimum atomic E-state index is -0.290. The third kappa shape index (κ3) is 4.49. The smallest absolute Gasteiger partial charge is 0.244 e. The maximum atomic E-state index is 12.8. The Morgan fingerprint density at radius 3 is 2.71 bits per heavy atom. The number of hydrogen-bond acceptors (Lipinski definition) is 3. The largest absolute Gasteiger partial charge is 0.343 e. The highest BCUT2D eigenvalue weighted by atomic mass is 32.1. The SMILES string of the molecule is CCC(NC(=O)C=Cc1ccc(F)cc1)c1nc(C)cs1. The first-order chi connectivity index (χ1) is 10.1. The van der Waals surface area contributed by atoms with E-state index >= 15 is 0 Å². The average molecular weight is 304 g/mol. The van der Waals surface area contributed by atoms with Crippen LogP contribution in [0.15, 0.2) is 35.7 Å². The molecule has 1 amide bonds. The van der Waals surface area contributed by atoms with Crippen LogP contribution in [0.3, 0.4) is 0 Å². The summed E-state index contributed by atoms with van der Waals surface area (Å²) in [5.74, 6) is -0.471. The molecular weight excluding hydrogens is 287 g/mol. The van der Waals surface area contributed by atoms with E-state index in [1.165, 1.54) is 18.2 Å². The van der Waals surface area contributed by atoms with Gasteiger partial charge in [0.05, 0.1) is 6.04 Å². The van der Waals surface area contributed by atoms with E-state index in [1.54, 1.807) is 29.5 Å². The second kappa shape index (κ2) is 7.13. The quantitative estimate of drug-likeness (QED) is 0.852. The van der Waals surface area contributed by atoms with Crippen LogP contribution in [0.2, 0.25) is 0 Å². The molecule has 3 nitrogen and oxygen atoms in total. The van der Waals surface area contributed by atoms with Crippen molar-refractivity contribution in [1.29, 1.82) is 0 Å². The second-order valence-corrected chi connectivity index (χ2v) is 5.57. The molecule has 2 rings (SSSR count). The van der Waals surface area contributed by atoms with E-state index in [1.807, 2.05) is 19.2 Å². The molecule has 1 unspecified atom stereocenters. The zero-order valence-corrected chi connectivity index (χ0v) is 12.8. The van der Waals surface area contributed by atoms with Gasteiger partial charge in [0.15, 0.2) is 0 Å². The molecule has 0 aliphatic carbocycles. The predicted molar refractivity (Wildman–Crippen MR) is 83.5 cm³/mol. The Labute approximate surface area is 127 Å². The number of amides is 1. The van der Waals surface area contributed by atoms with Crippen LogP contribution in [0.4, 0.5) is 4.39 Å². The lowest BCUT2D eigenvalue weighted by Gasteiger charge is -2.12. The minimum Gasteiger partial charge on any atom is -0.343 e. The zero-order chi connectivity index (χ0) is 15.2. The Bertz CT molecular complexity index is 634. The van der Waals surface area contributed by atoms with E-state index in [0.717, 1.165) is 22.7 Å². The number of carbonyl (C=O) groups excluding carboxylic acids is 1. The van der Waals surface area contributed by atoms with Crippen molar-refractivity contribution in [3.05, 3.63) is 57.8 Å². The Morgan fingerprint density at radius 1 is 1.43 bits per heavy atom. The number of rotatable bonds is 5. The maximum absolute atomic E-state index is 12.8. The fourth-order valence-corrected chi connectivity index (χ4v) is 2.77. The Kier molecular flexibility index (Phi) is 5.22. The Balaban J connectivity index is 1.98. The van der Waals surface area contributed by atoms with Crippen molar-refractivity contribution in [3.8, 4) is 0 Å². The summed E-state index contributed by atoms with van der Waals surface area (Å²) in [5.41, 5.74) is 1.74. The highest BCUT2D eigenvalue weighted by Gasteiger charge is 2.14. The van der Waals surface area contributed by atoms with Gasteiger partial charge in [-0.2, -0.15) is 0 Å². The molecule has 0 aliphatic rings. The first kappa shape index (κ1) is 15.4. The van der Waals surface area contributed by atoms with Crippen LogP contribution in [-0.4, -0.2) is 10.9 Å². The van der Waals surface area contributed by atoms with Gasteiger partial charge in [0.25, 0.3) is 0 Å². The highest BCUT2D eigenvalue weighted by Crippen LogP contribution is 2.20. The summed E-state index contributed by atoms with van der Waals surface area (Å²) in [6, 6.07) is 5.91. The monoisotopic (exact) mass is 304 g/mol. The van der Waals surface area contributed by atoms with Crippen molar-refractivity contribution >= 4 is 23.3 Å². The number of aromatic nitrogens is 1.